The highest BCUT2D eigenvalue weighted by Crippen LogP contribution is 2.28. The zero-order valence-electron chi connectivity index (χ0n) is 15.4. The Morgan fingerprint density at radius 1 is 0.966 bits per heavy atom. The van der Waals surface area contributed by atoms with Gasteiger partial charge in [0.1, 0.15) is 11.6 Å². The predicted molar refractivity (Wildman–Crippen MR) is 105 cm³/mol. The zero-order chi connectivity index (χ0) is 20.2. The van der Waals surface area contributed by atoms with Gasteiger partial charge >= 0.3 is 0 Å². The molecule has 2 aromatic carbocycles. The number of thioether (sulfide) groups is 1. The third kappa shape index (κ3) is 4.46. The topological polar surface area (TPSA) is 60.2 Å². The Bertz CT molecular complexity index is 987. The minimum Gasteiger partial charge on any atom is -0.378 e. The lowest BCUT2D eigenvalue weighted by molar-refractivity contribution is -0.132. The van der Waals surface area contributed by atoms with Crippen molar-refractivity contribution in [1.29, 1.82) is 0 Å². The maximum Gasteiger partial charge on any atom is 0.233 e. The van der Waals surface area contributed by atoms with E-state index in [-0.39, 0.29) is 23.3 Å². The number of amides is 1. The average Bonchev–Trinajstić information content (AvgIpc) is 3.17. The molecule has 1 saturated heterocycles. The maximum absolute atomic E-state index is 13.4. The van der Waals surface area contributed by atoms with Gasteiger partial charge in [0.25, 0.3) is 0 Å². The SMILES string of the molecule is O=C(CSc1nnc(-c2ccc(F)cc2)n1-c1ccc(F)cc1)N1CCOCC1. The second kappa shape index (κ2) is 8.71. The quantitative estimate of drug-likeness (QED) is 0.598. The number of aromatic nitrogens is 3. The minimum atomic E-state index is -0.359. The summed E-state index contributed by atoms with van der Waals surface area (Å²) in [4.78, 5) is 14.2. The summed E-state index contributed by atoms with van der Waals surface area (Å²) < 4.78 is 33.7. The van der Waals surface area contributed by atoms with Crippen LogP contribution >= 0.6 is 11.8 Å². The van der Waals surface area contributed by atoms with E-state index in [1.165, 1.54) is 36.0 Å². The van der Waals surface area contributed by atoms with Gasteiger partial charge in [-0.3, -0.25) is 9.36 Å². The Morgan fingerprint density at radius 3 is 2.24 bits per heavy atom. The molecule has 1 amide bonds. The van der Waals surface area contributed by atoms with E-state index in [1.54, 1.807) is 33.7 Å². The summed E-state index contributed by atoms with van der Waals surface area (Å²) in [6.45, 7) is 2.23. The molecule has 4 rings (SSSR count). The van der Waals surface area contributed by atoms with Crippen molar-refractivity contribution >= 4 is 17.7 Å². The summed E-state index contributed by atoms with van der Waals surface area (Å²) in [5, 5.41) is 8.96. The summed E-state index contributed by atoms with van der Waals surface area (Å²) in [6, 6.07) is 11.8. The molecule has 6 nitrogen and oxygen atoms in total. The van der Waals surface area contributed by atoms with E-state index in [1.807, 2.05) is 0 Å². The fourth-order valence-corrected chi connectivity index (χ4v) is 3.86. The molecule has 0 saturated carbocycles. The number of benzene rings is 2. The normalized spacial score (nSPS) is 14.2. The van der Waals surface area contributed by atoms with Gasteiger partial charge in [-0.25, -0.2) is 8.78 Å². The number of rotatable bonds is 5. The van der Waals surface area contributed by atoms with Gasteiger partial charge in [0.2, 0.25) is 5.91 Å². The van der Waals surface area contributed by atoms with Crippen molar-refractivity contribution in [2.75, 3.05) is 32.1 Å². The van der Waals surface area contributed by atoms with Crippen LogP contribution in [-0.2, 0) is 9.53 Å². The Morgan fingerprint density at radius 2 is 1.59 bits per heavy atom. The molecular formula is C20H18F2N4O2S. The minimum absolute atomic E-state index is 0.00436. The molecule has 0 N–H and O–H groups in total. The molecule has 9 heteroatoms. The number of carbonyl (C=O) groups is 1. The van der Waals surface area contributed by atoms with Crippen LogP contribution in [-0.4, -0.2) is 57.6 Å². The standard InChI is InChI=1S/C20H18F2N4O2S/c21-15-3-1-14(2-4-15)19-23-24-20(26(19)17-7-5-16(22)6-8-17)29-13-18(27)25-9-11-28-12-10-25/h1-8H,9-13H2. The van der Waals surface area contributed by atoms with E-state index in [9.17, 15) is 13.6 Å². The Balaban J connectivity index is 1.63. The lowest BCUT2D eigenvalue weighted by Crippen LogP contribution is -2.41. The summed E-state index contributed by atoms with van der Waals surface area (Å²) in [5.74, 6) is -0.0367. The fraction of sp³-hybridized carbons (Fsp3) is 0.250. The lowest BCUT2D eigenvalue weighted by atomic mass is 10.2. The number of morpholine rings is 1. The van der Waals surface area contributed by atoms with Crippen LogP contribution in [0.25, 0.3) is 17.1 Å². The van der Waals surface area contributed by atoms with Crippen LogP contribution in [0.2, 0.25) is 0 Å². The van der Waals surface area contributed by atoms with Crippen molar-refractivity contribution in [3.63, 3.8) is 0 Å². The molecule has 0 bridgehead atoms. The Hall–Kier alpha value is -2.78. The number of halogens is 2. The molecule has 1 aliphatic rings. The van der Waals surface area contributed by atoms with E-state index < -0.39 is 0 Å². The van der Waals surface area contributed by atoms with Gasteiger partial charge in [0.05, 0.1) is 19.0 Å². The molecule has 1 aliphatic heterocycles. The van der Waals surface area contributed by atoms with Crippen molar-refractivity contribution in [2.45, 2.75) is 5.16 Å². The van der Waals surface area contributed by atoms with E-state index in [0.29, 0.717) is 48.5 Å². The van der Waals surface area contributed by atoms with Crippen LogP contribution in [0.15, 0.2) is 53.7 Å². The third-order valence-electron chi connectivity index (χ3n) is 4.51. The molecule has 150 valence electrons. The predicted octanol–water partition coefficient (Wildman–Crippen LogP) is 3.16. The Labute approximate surface area is 170 Å². The van der Waals surface area contributed by atoms with E-state index in [2.05, 4.69) is 10.2 Å². The van der Waals surface area contributed by atoms with Crippen molar-refractivity contribution in [2.24, 2.45) is 0 Å². The van der Waals surface area contributed by atoms with E-state index in [4.69, 9.17) is 4.74 Å². The number of hydrogen-bond donors (Lipinski definition) is 0. The second-order valence-electron chi connectivity index (χ2n) is 6.41. The second-order valence-corrected chi connectivity index (χ2v) is 7.35. The van der Waals surface area contributed by atoms with Crippen LogP contribution in [0.5, 0.6) is 0 Å². The van der Waals surface area contributed by atoms with Gasteiger partial charge in [-0.15, -0.1) is 10.2 Å². The van der Waals surface area contributed by atoms with Crippen LogP contribution in [0.4, 0.5) is 8.78 Å². The van der Waals surface area contributed by atoms with Crippen LogP contribution in [0.3, 0.4) is 0 Å². The fourth-order valence-electron chi connectivity index (χ4n) is 3.00. The average molecular weight is 416 g/mol. The van der Waals surface area contributed by atoms with Crippen molar-refractivity contribution in [3.05, 3.63) is 60.2 Å². The maximum atomic E-state index is 13.4. The molecule has 0 aliphatic carbocycles. The summed E-state index contributed by atoms with van der Waals surface area (Å²) >= 11 is 1.26. The van der Waals surface area contributed by atoms with Gasteiger partial charge in [-0.2, -0.15) is 0 Å². The smallest absolute Gasteiger partial charge is 0.233 e. The first-order chi connectivity index (χ1) is 14.1. The molecule has 0 atom stereocenters. The highest BCUT2D eigenvalue weighted by atomic mass is 32.2. The largest absolute Gasteiger partial charge is 0.378 e. The number of carbonyl (C=O) groups excluding carboxylic acids is 1. The third-order valence-corrected chi connectivity index (χ3v) is 5.42. The highest BCUT2D eigenvalue weighted by Gasteiger charge is 2.21. The van der Waals surface area contributed by atoms with Crippen molar-refractivity contribution < 1.29 is 18.3 Å². The van der Waals surface area contributed by atoms with Gasteiger partial charge < -0.3 is 9.64 Å². The molecule has 1 fully saturated rings. The first-order valence-electron chi connectivity index (χ1n) is 9.07. The van der Waals surface area contributed by atoms with Crippen LogP contribution in [0.1, 0.15) is 0 Å². The molecule has 0 radical (unpaired) electrons. The zero-order valence-corrected chi connectivity index (χ0v) is 16.2. The number of nitrogens with zero attached hydrogens (tertiary/aromatic N) is 4. The summed E-state index contributed by atoms with van der Waals surface area (Å²) in [6.07, 6.45) is 0. The molecule has 3 aromatic rings. The number of ether oxygens (including phenoxy) is 1. The number of hydrogen-bond acceptors (Lipinski definition) is 5. The molecule has 1 aromatic heterocycles. The van der Waals surface area contributed by atoms with Crippen molar-refractivity contribution in [3.8, 4) is 17.1 Å². The summed E-state index contributed by atoms with van der Waals surface area (Å²) in [7, 11) is 0. The van der Waals surface area contributed by atoms with Gasteiger partial charge in [-0.05, 0) is 48.5 Å². The van der Waals surface area contributed by atoms with E-state index in [0.717, 1.165) is 0 Å². The summed E-state index contributed by atoms with van der Waals surface area (Å²) in [5.41, 5.74) is 1.31. The Kier molecular flexibility index (Phi) is 5.86. The highest BCUT2D eigenvalue weighted by molar-refractivity contribution is 7.99. The molecule has 29 heavy (non-hydrogen) atoms. The van der Waals surface area contributed by atoms with Gasteiger partial charge in [0, 0.05) is 24.3 Å². The van der Waals surface area contributed by atoms with Crippen LogP contribution in [0, 0.1) is 11.6 Å². The van der Waals surface area contributed by atoms with Gasteiger partial charge in [0.15, 0.2) is 11.0 Å². The molecule has 0 unspecified atom stereocenters. The first-order valence-corrected chi connectivity index (χ1v) is 10.1. The monoisotopic (exact) mass is 416 g/mol. The molecular weight excluding hydrogens is 398 g/mol. The van der Waals surface area contributed by atoms with Crippen molar-refractivity contribution in [1.82, 2.24) is 19.7 Å². The van der Waals surface area contributed by atoms with E-state index >= 15 is 0 Å². The molecule has 2 heterocycles. The lowest BCUT2D eigenvalue weighted by Gasteiger charge is -2.26. The molecule has 0 spiro atoms. The van der Waals surface area contributed by atoms with Gasteiger partial charge in [-0.1, -0.05) is 11.8 Å². The first kappa shape index (κ1) is 19.5. The van der Waals surface area contributed by atoms with Crippen LogP contribution < -0.4 is 0 Å².